The first-order valence-corrected chi connectivity index (χ1v) is 8.79. The van der Waals surface area contributed by atoms with Crippen molar-refractivity contribution in [2.24, 2.45) is 0 Å². The highest BCUT2D eigenvalue weighted by atomic mass is 16.3. The molecule has 3 aromatic rings. The van der Waals surface area contributed by atoms with Gasteiger partial charge >= 0.3 is 0 Å². The van der Waals surface area contributed by atoms with E-state index in [0.29, 0.717) is 24.3 Å². The molecule has 2 aromatic heterocycles. The molecule has 0 radical (unpaired) electrons. The number of likely N-dealkylation sites (tertiary alicyclic amines) is 1. The molecule has 7 heteroatoms. The lowest BCUT2D eigenvalue weighted by atomic mass is 10.0. The minimum atomic E-state index is -0.101. The average Bonchev–Trinajstić information content (AvgIpc) is 3.40. The predicted molar refractivity (Wildman–Crippen MR) is 95.9 cm³/mol. The summed E-state index contributed by atoms with van der Waals surface area (Å²) in [5, 5.41) is 17.1. The molecule has 0 bridgehead atoms. The number of rotatable bonds is 4. The first-order valence-electron chi connectivity index (χ1n) is 8.79. The standard InChI is InChI=1S/C19H21N5O2/c25-14-16-13-24(21-20-16)18-7-11-23(12-8-18)19(26)15-3-5-17(6-4-15)22-9-1-2-10-22/h1-6,9-10,13,18,25H,7-8,11-12,14H2. The molecule has 1 aromatic carbocycles. The maximum Gasteiger partial charge on any atom is 0.253 e. The lowest BCUT2D eigenvalue weighted by molar-refractivity contribution is 0.0689. The molecule has 0 unspecified atom stereocenters. The zero-order chi connectivity index (χ0) is 17.9. The quantitative estimate of drug-likeness (QED) is 0.780. The molecular weight excluding hydrogens is 330 g/mol. The van der Waals surface area contributed by atoms with Gasteiger partial charge in [0, 0.05) is 36.7 Å². The first kappa shape index (κ1) is 16.5. The fourth-order valence-corrected chi connectivity index (χ4v) is 3.36. The zero-order valence-electron chi connectivity index (χ0n) is 14.4. The third kappa shape index (κ3) is 3.25. The summed E-state index contributed by atoms with van der Waals surface area (Å²) in [5.41, 5.74) is 2.32. The number of hydrogen-bond donors (Lipinski definition) is 1. The second-order valence-corrected chi connectivity index (χ2v) is 6.51. The lowest BCUT2D eigenvalue weighted by Crippen LogP contribution is -2.39. The highest BCUT2D eigenvalue weighted by Gasteiger charge is 2.25. The van der Waals surface area contributed by atoms with Crippen LogP contribution in [0.5, 0.6) is 0 Å². The van der Waals surface area contributed by atoms with Gasteiger partial charge in [-0.05, 0) is 49.2 Å². The van der Waals surface area contributed by atoms with Crippen molar-refractivity contribution in [1.29, 1.82) is 0 Å². The number of piperidine rings is 1. The molecule has 1 amide bonds. The molecule has 1 N–H and O–H groups in total. The van der Waals surface area contributed by atoms with Crippen LogP contribution in [0.3, 0.4) is 0 Å². The second-order valence-electron chi connectivity index (χ2n) is 6.51. The largest absolute Gasteiger partial charge is 0.390 e. The van der Waals surface area contributed by atoms with Crippen LogP contribution in [-0.4, -0.2) is 48.6 Å². The Morgan fingerprint density at radius 1 is 1.12 bits per heavy atom. The minimum absolute atomic E-state index is 0.0668. The summed E-state index contributed by atoms with van der Waals surface area (Å²) in [6, 6.07) is 11.9. The second kappa shape index (κ2) is 7.13. The monoisotopic (exact) mass is 351 g/mol. The molecule has 1 aliphatic rings. The smallest absolute Gasteiger partial charge is 0.253 e. The zero-order valence-corrected chi connectivity index (χ0v) is 14.4. The fraction of sp³-hybridized carbons (Fsp3) is 0.316. The number of aliphatic hydroxyl groups excluding tert-OH is 1. The van der Waals surface area contributed by atoms with Gasteiger partial charge < -0.3 is 14.6 Å². The molecule has 0 atom stereocenters. The number of aromatic nitrogens is 4. The topological polar surface area (TPSA) is 76.2 Å². The van der Waals surface area contributed by atoms with E-state index >= 15 is 0 Å². The van der Waals surface area contributed by atoms with Gasteiger partial charge in [-0.1, -0.05) is 5.21 Å². The average molecular weight is 351 g/mol. The molecule has 1 saturated heterocycles. The predicted octanol–water partition coefficient (Wildman–Crippen LogP) is 2.04. The van der Waals surface area contributed by atoms with E-state index in [1.165, 1.54) is 0 Å². The van der Waals surface area contributed by atoms with Crippen molar-refractivity contribution in [1.82, 2.24) is 24.5 Å². The summed E-state index contributed by atoms with van der Waals surface area (Å²) in [4.78, 5) is 14.6. The number of nitrogens with zero attached hydrogens (tertiary/aromatic N) is 5. The highest BCUT2D eigenvalue weighted by molar-refractivity contribution is 5.94. The van der Waals surface area contributed by atoms with Crippen molar-refractivity contribution in [3.63, 3.8) is 0 Å². The first-order chi connectivity index (χ1) is 12.7. The van der Waals surface area contributed by atoms with E-state index in [1.807, 2.05) is 58.3 Å². The summed E-state index contributed by atoms with van der Waals surface area (Å²) in [6.07, 6.45) is 7.41. The van der Waals surface area contributed by atoms with Gasteiger partial charge in [-0.3, -0.25) is 4.79 Å². The van der Waals surface area contributed by atoms with E-state index in [9.17, 15) is 4.79 Å². The Kier molecular flexibility index (Phi) is 4.53. The van der Waals surface area contributed by atoms with Gasteiger partial charge in [0.25, 0.3) is 5.91 Å². The Morgan fingerprint density at radius 3 is 2.42 bits per heavy atom. The van der Waals surface area contributed by atoms with Crippen LogP contribution in [0.4, 0.5) is 0 Å². The molecule has 134 valence electrons. The van der Waals surface area contributed by atoms with Gasteiger partial charge in [0.15, 0.2) is 0 Å². The summed E-state index contributed by atoms with van der Waals surface area (Å²) in [5.74, 6) is 0.0668. The third-order valence-corrected chi connectivity index (χ3v) is 4.86. The molecule has 4 rings (SSSR count). The number of carbonyl (C=O) groups is 1. The van der Waals surface area contributed by atoms with E-state index in [2.05, 4.69) is 10.3 Å². The Labute approximate surface area is 151 Å². The molecule has 1 fully saturated rings. The van der Waals surface area contributed by atoms with Gasteiger partial charge in [0.1, 0.15) is 5.69 Å². The Balaban J connectivity index is 1.38. The van der Waals surface area contributed by atoms with Crippen molar-refractivity contribution < 1.29 is 9.90 Å². The van der Waals surface area contributed by atoms with E-state index in [0.717, 1.165) is 18.5 Å². The SMILES string of the molecule is O=C(c1ccc(-n2cccc2)cc1)N1CCC(n2cc(CO)nn2)CC1. The normalized spacial score (nSPS) is 15.3. The van der Waals surface area contributed by atoms with Crippen LogP contribution in [-0.2, 0) is 6.61 Å². The molecular formula is C19H21N5O2. The number of amides is 1. The maximum atomic E-state index is 12.7. The highest BCUT2D eigenvalue weighted by Crippen LogP contribution is 2.23. The van der Waals surface area contributed by atoms with Crippen molar-refractivity contribution >= 4 is 5.91 Å². The molecule has 26 heavy (non-hydrogen) atoms. The molecule has 0 saturated carbocycles. The van der Waals surface area contributed by atoms with Crippen molar-refractivity contribution in [3.05, 3.63) is 66.2 Å². The van der Waals surface area contributed by atoms with Gasteiger partial charge in [0.2, 0.25) is 0 Å². The van der Waals surface area contributed by atoms with Crippen LogP contribution < -0.4 is 0 Å². The van der Waals surface area contributed by atoms with Crippen molar-refractivity contribution in [2.75, 3.05) is 13.1 Å². The van der Waals surface area contributed by atoms with Crippen molar-refractivity contribution in [2.45, 2.75) is 25.5 Å². The molecule has 7 nitrogen and oxygen atoms in total. The van der Waals surface area contributed by atoms with Crippen molar-refractivity contribution in [3.8, 4) is 5.69 Å². The van der Waals surface area contributed by atoms with Crippen LogP contribution in [0, 0.1) is 0 Å². The maximum absolute atomic E-state index is 12.7. The summed E-state index contributed by atoms with van der Waals surface area (Å²) < 4.78 is 3.82. The van der Waals surface area contributed by atoms with Gasteiger partial charge in [0.05, 0.1) is 18.8 Å². The van der Waals surface area contributed by atoms with Crippen LogP contribution >= 0.6 is 0 Å². The summed E-state index contributed by atoms with van der Waals surface area (Å²) >= 11 is 0. The number of hydrogen-bond acceptors (Lipinski definition) is 4. The molecule has 3 heterocycles. The Bertz CT molecular complexity index is 862. The molecule has 1 aliphatic heterocycles. The van der Waals surface area contributed by atoms with Crippen LogP contribution in [0.15, 0.2) is 55.0 Å². The fourth-order valence-electron chi connectivity index (χ4n) is 3.36. The number of carbonyl (C=O) groups excluding carboxylic acids is 1. The van der Waals surface area contributed by atoms with Gasteiger partial charge in [-0.2, -0.15) is 0 Å². The van der Waals surface area contributed by atoms with E-state index in [4.69, 9.17) is 5.11 Å². The number of benzene rings is 1. The third-order valence-electron chi connectivity index (χ3n) is 4.86. The van der Waals surface area contributed by atoms with Crippen LogP contribution in [0.2, 0.25) is 0 Å². The summed E-state index contributed by atoms with van der Waals surface area (Å²) in [6.45, 7) is 1.28. The summed E-state index contributed by atoms with van der Waals surface area (Å²) in [7, 11) is 0. The van der Waals surface area contributed by atoms with Gasteiger partial charge in [-0.25, -0.2) is 4.68 Å². The van der Waals surface area contributed by atoms with E-state index in [-0.39, 0.29) is 18.6 Å². The van der Waals surface area contributed by atoms with E-state index in [1.54, 1.807) is 10.9 Å². The molecule has 0 spiro atoms. The minimum Gasteiger partial charge on any atom is -0.390 e. The number of aliphatic hydroxyl groups is 1. The lowest BCUT2D eigenvalue weighted by Gasteiger charge is -2.32. The van der Waals surface area contributed by atoms with Crippen LogP contribution in [0.25, 0.3) is 5.69 Å². The Hall–Kier alpha value is -2.93. The van der Waals surface area contributed by atoms with Crippen LogP contribution in [0.1, 0.15) is 34.9 Å². The van der Waals surface area contributed by atoms with E-state index < -0.39 is 0 Å². The van der Waals surface area contributed by atoms with Gasteiger partial charge in [-0.15, -0.1) is 5.10 Å². The Morgan fingerprint density at radius 2 is 1.81 bits per heavy atom. The molecule has 0 aliphatic carbocycles.